The molecule has 19 heavy (non-hydrogen) atoms. The van der Waals surface area contributed by atoms with E-state index in [1.807, 2.05) is 23.1 Å². The van der Waals surface area contributed by atoms with Crippen molar-refractivity contribution in [2.75, 3.05) is 36.8 Å². The highest BCUT2D eigenvalue weighted by molar-refractivity contribution is 5.76. The van der Waals surface area contributed by atoms with Crippen molar-refractivity contribution in [1.29, 1.82) is 0 Å². The predicted octanol–water partition coefficient (Wildman–Crippen LogP) is 2.11. The predicted molar refractivity (Wildman–Crippen MR) is 79.2 cm³/mol. The van der Waals surface area contributed by atoms with E-state index in [0.717, 1.165) is 50.4 Å². The average Bonchev–Trinajstić information content (AvgIpc) is 2.45. The lowest BCUT2D eigenvalue weighted by Crippen LogP contribution is -2.48. The number of piperazine rings is 1. The van der Waals surface area contributed by atoms with Gasteiger partial charge in [-0.25, -0.2) is 0 Å². The number of amides is 1. The Morgan fingerprint density at radius 3 is 2.63 bits per heavy atom. The number of unbranched alkanes of at least 4 members (excludes halogenated alkanes) is 1. The van der Waals surface area contributed by atoms with E-state index in [9.17, 15) is 4.79 Å². The van der Waals surface area contributed by atoms with Gasteiger partial charge in [-0.1, -0.05) is 19.4 Å². The summed E-state index contributed by atoms with van der Waals surface area (Å²) in [6, 6.07) is 7.94. The van der Waals surface area contributed by atoms with Crippen LogP contribution in [0.1, 0.15) is 26.2 Å². The molecule has 1 aliphatic heterocycles. The van der Waals surface area contributed by atoms with E-state index in [4.69, 9.17) is 5.73 Å². The fraction of sp³-hybridized carbons (Fsp3) is 0.533. The molecule has 1 amide bonds. The molecule has 0 radical (unpaired) electrons. The van der Waals surface area contributed by atoms with Crippen LogP contribution in [0.3, 0.4) is 0 Å². The topological polar surface area (TPSA) is 49.6 Å². The highest BCUT2D eigenvalue weighted by atomic mass is 16.2. The van der Waals surface area contributed by atoms with E-state index in [1.165, 1.54) is 0 Å². The van der Waals surface area contributed by atoms with Crippen molar-refractivity contribution >= 4 is 17.3 Å². The van der Waals surface area contributed by atoms with Crippen LogP contribution in [0.25, 0.3) is 0 Å². The molecule has 1 fully saturated rings. The third-order valence-corrected chi connectivity index (χ3v) is 3.61. The van der Waals surface area contributed by atoms with E-state index in [0.29, 0.717) is 12.3 Å². The third-order valence-electron chi connectivity index (χ3n) is 3.61. The van der Waals surface area contributed by atoms with Gasteiger partial charge in [0.25, 0.3) is 0 Å². The fourth-order valence-corrected chi connectivity index (χ4v) is 2.42. The van der Waals surface area contributed by atoms with Gasteiger partial charge in [-0.3, -0.25) is 4.79 Å². The van der Waals surface area contributed by atoms with Crippen molar-refractivity contribution in [3.05, 3.63) is 24.3 Å². The van der Waals surface area contributed by atoms with Gasteiger partial charge in [-0.2, -0.15) is 0 Å². The molecule has 2 rings (SSSR count). The van der Waals surface area contributed by atoms with E-state index in [2.05, 4.69) is 17.9 Å². The lowest BCUT2D eigenvalue weighted by atomic mass is 10.2. The first kappa shape index (κ1) is 13.7. The molecule has 4 nitrogen and oxygen atoms in total. The first-order valence-corrected chi connectivity index (χ1v) is 7.09. The summed E-state index contributed by atoms with van der Waals surface area (Å²) in [6.07, 6.45) is 2.76. The SMILES string of the molecule is CCCCC(=O)N1CCN(c2cccc(N)c2)CC1. The van der Waals surface area contributed by atoms with Crippen LogP contribution >= 0.6 is 0 Å². The Morgan fingerprint density at radius 1 is 1.26 bits per heavy atom. The Bertz CT molecular complexity index is 425. The monoisotopic (exact) mass is 261 g/mol. The van der Waals surface area contributed by atoms with E-state index >= 15 is 0 Å². The smallest absolute Gasteiger partial charge is 0.222 e. The Morgan fingerprint density at radius 2 is 2.00 bits per heavy atom. The number of nitrogens with two attached hydrogens (primary N) is 1. The Balaban J connectivity index is 1.87. The van der Waals surface area contributed by atoms with Crippen LogP contribution < -0.4 is 10.6 Å². The molecule has 1 aromatic rings. The molecule has 1 saturated heterocycles. The summed E-state index contributed by atoms with van der Waals surface area (Å²) in [6.45, 7) is 5.53. The molecule has 1 heterocycles. The minimum atomic E-state index is 0.300. The maximum atomic E-state index is 11.9. The molecule has 0 bridgehead atoms. The summed E-state index contributed by atoms with van der Waals surface area (Å²) in [5.74, 6) is 0.300. The highest BCUT2D eigenvalue weighted by Crippen LogP contribution is 2.19. The van der Waals surface area contributed by atoms with Gasteiger partial charge in [-0.15, -0.1) is 0 Å². The van der Waals surface area contributed by atoms with Crippen molar-refractivity contribution < 1.29 is 4.79 Å². The minimum Gasteiger partial charge on any atom is -0.399 e. The lowest BCUT2D eigenvalue weighted by molar-refractivity contribution is -0.131. The van der Waals surface area contributed by atoms with Gasteiger partial charge in [0.15, 0.2) is 0 Å². The quantitative estimate of drug-likeness (QED) is 0.845. The van der Waals surface area contributed by atoms with E-state index < -0.39 is 0 Å². The van der Waals surface area contributed by atoms with Crippen LogP contribution in [-0.4, -0.2) is 37.0 Å². The summed E-state index contributed by atoms with van der Waals surface area (Å²) in [4.78, 5) is 16.2. The van der Waals surface area contributed by atoms with Crippen LogP contribution in [-0.2, 0) is 4.79 Å². The standard InChI is InChI=1S/C15H23N3O/c1-2-3-7-15(19)18-10-8-17(9-11-18)14-6-4-5-13(16)12-14/h4-6,12H,2-3,7-11,16H2,1H3. The molecule has 4 heteroatoms. The van der Waals surface area contributed by atoms with E-state index in [1.54, 1.807) is 0 Å². The summed E-state index contributed by atoms with van der Waals surface area (Å²) in [7, 11) is 0. The van der Waals surface area contributed by atoms with Crippen LogP contribution in [0.4, 0.5) is 11.4 Å². The second kappa shape index (κ2) is 6.45. The van der Waals surface area contributed by atoms with E-state index in [-0.39, 0.29) is 0 Å². The Labute approximate surface area is 115 Å². The van der Waals surface area contributed by atoms with Gasteiger partial charge >= 0.3 is 0 Å². The van der Waals surface area contributed by atoms with Crippen LogP contribution in [0, 0.1) is 0 Å². The number of anilines is 2. The summed E-state index contributed by atoms with van der Waals surface area (Å²) < 4.78 is 0. The highest BCUT2D eigenvalue weighted by Gasteiger charge is 2.20. The number of nitrogens with zero attached hydrogens (tertiary/aromatic N) is 2. The third kappa shape index (κ3) is 3.63. The zero-order valence-corrected chi connectivity index (χ0v) is 11.6. The largest absolute Gasteiger partial charge is 0.399 e. The van der Waals surface area contributed by atoms with Gasteiger partial charge < -0.3 is 15.5 Å². The number of rotatable bonds is 4. The zero-order chi connectivity index (χ0) is 13.7. The molecule has 0 aromatic heterocycles. The minimum absolute atomic E-state index is 0.300. The molecule has 1 aromatic carbocycles. The van der Waals surface area contributed by atoms with Gasteiger partial charge in [0, 0.05) is 44.0 Å². The molecule has 0 atom stereocenters. The lowest BCUT2D eigenvalue weighted by Gasteiger charge is -2.36. The molecule has 2 N–H and O–H groups in total. The van der Waals surface area contributed by atoms with Gasteiger partial charge in [-0.05, 0) is 24.6 Å². The average molecular weight is 261 g/mol. The van der Waals surface area contributed by atoms with Gasteiger partial charge in [0.1, 0.15) is 0 Å². The second-order valence-electron chi connectivity index (χ2n) is 5.07. The summed E-state index contributed by atoms with van der Waals surface area (Å²) >= 11 is 0. The maximum Gasteiger partial charge on any atom is 0.222 e. The molecule has 0 spiro atoms. The van der Waals surface area contributed by atoms with Crippen LogP contribution in [0.2, 0.25) is 0 Å². The molecular formula is C15H23N3O. The molecule has 104 valence electrons. The number of hydrogen-bond donors (Lipinski definition) is 1. The maximum absolute atomic E-state index is 11.9. The number of benzene rings is 1. The molecule has 0 unspecified atom stereocenters. The Kier molecular flexibility index (Phi) is 4.66. The van der Waals surface area contributed by atoms with Crippen molar-refractivity contribution in [3.63, 3.8) is 0 Å². The van der Waals surface area contributed by atoms with Crippen LogP contribution in [0.15, 0.2) is 24.3 Å². The normalized spacial score (nSPS) is 15.6. The molecule has 0 saturated carbocycles. The van der Waals surface area contributed by atoms with Crippen molar-refractivity contribution in [2.45, 2.75) is 26.2 Å². The van der Waals surface area contributed by atoms with Crippen molar-refractivity contribution in [1.82, 2.24) is 4.90 Å². The second-order valence-corrected chi connectivity index (χ2v) is 5.07. The fourth-order valence-electron chi connectivity index (χ4n) is 2.42. The molecule has 0 aliphatic carbocycles. The zero-order valence-electron chi connectivity index (χ0n) is 11.6. The van der Waals surface area contributed by atoms with Gasteiger partial charge in [0.2, 0.25) is 5.91 Å². The number of nitrogen functional groups attached to an aromatic ring is 1. The molecular weight excluding hydrogens is 238 g/mol. The number of carbonyl (C=O) groups is 1. The van der Waals surface area contributed by atoms with Crippen LogP contribution in [0.5, 0.6) is 0 Å². The summed E-state index contributed by atoms with van der Waals surface area (Å²) in [5.41, 5.74) is 7.75. The number of hydrogen-bond acceptors (Lipinski definition) is 3. The number of carbonyl (C=O) groups excluding carboxylic acids is 1. The van der Waals surface area contributed by atoms with Crippen molar-refractivity contribution in [2.24, 2.45) is 0 Å². The molecule has 1 aliphatic rings. The first-order valence-electron chi connectivity index (χ1n) is 7.09. The van der Waals surface area contributed by atoms with Gasteiger partial charge in [0.05, 0.1) is 0 Å². The Hall–Kier alpha value is -1.71. The summed E-state index contributed by atoms with van der Waals surface area (Å²) in [5, 5.41) is 0. The first-order chi connectivity index (χ1) is 9.20. The van der Waals surface area contributed by atoms with Crippen molar-refractivity contribution in [3.8, 4) is 0 Å².